The van der Waals surface area contributed by atoms with Crippen molar-refractivity contribution in [3.05, 3.63) is 102 Å². The Balaban J connectivity index is 1.58. The van der Waals surface area contributed by atoms with Gasteiger partial charge in [-0.2, -0.15) is 0 Å². The van der Waals surface area contributed by atoms with Crippen LogP contribution >= 0.6 is 50.7 Å². The van der Waals surface area contributed by atoms with Crippen molar-refractivity contribution in [3.63, 3.8) is 0 Å². The fourth-order valence-corrected chi connectivity index (χ4v) is 5.64. The molecule has 4 aliphatic heterocycles. The third-order valence-corrected chi connectivity index (χ3v) is 8.23. The number of rotatable bonds is 0. The van der Waals surface area contributed by atoms with Gasteiger partial charge in [0, 0.05) is 40.1 Å². The van der Waals surface area contributed by atoms with Crippen LogP contribution in [0.15, 0.2) is 75.2 Å². The van der Waals surface area contributed by atoms with Crippen molar-refractivity contribution in [1.29, 1.82) is 0 Å². The van der Waals surface area contributed by atoms with Gasteiger partial charge in [-0.3, -0.25) is 0 Å². The fourth-order valence-electron chi connectivity index (χ4n) is 4.57. The summed E-state index contributed by atoms with van der Waals surface area (Å²) in [5.74, 6) is -1.75. The largest absolute Gasteiger partial charge is 0.508 e. The molecule has 0 saturated heterocycles. The number of halogens is 4. The Morgan fingerprint density at radius 2 is 0.932 bits per heavy atom. The van der Waals surface area contributed by atoms with Crippen molar-refractivity contribution in [1.82, 2.24) is 0 Å². The summed E-state index contributed by atoms with van der Waals surface area (Å²) in [5.41, 5.74) is 1.77. The highest BCUT2D eigenvalue weighted by molar-refractivity contribution is 9.10. The van der Waals surface area contributed by atoms with Crippen LogP contribution in [0.1, 0.15) is 22.3 Å². The molecule has 0 aromatic heterocycles. The zero-order valence-electron chi connectivity index (χ0n) is 22.6. The van der Waals surface area contributed by atoms with E-state index in [9.17, 15) is 30.6 Å². The minimum Gasteiger partial charge on any atom is -0.508 e. The summed E-state index contributed by atoms with van der Waals surface area (Å²) in [6.45, 7) is 0. The lowest BCUT2D eigenvalue weighted by molar-refractivity contribution is 0.373. The van der Waals surface area contributed by atoms with Gasteiger partial charge in [0.15, 0.2) is 23.0 Å². The molecule has 4 heterocycles. The number of benzene rings is 4. The molecule has 44 heavy (non-hydrogen) atoms. The molecular weight excluding hydrogens is 699 g/mol. The highest BCUT2D eigenvalue weighted by Crippen LogP contribution is 2.45. The minimum atomic E-state index is -0.364. The predicted octanol–water partition coefficient (Wildman–Crippen LogP) is 9.05. The Morgan fingerprint density at radius 1 is 0.523 bits per heavy atom. The van der Waals surface area contributed by atoms with Gasteiger partial charge in [0.25, 0.3) is 0 Å². The molecule has 0 atom stereocenters. The van der Waals surface area contributed by atoms with Crippen molar-refractivity contribution < 1.29 is 40.1 Å². The number of hydrogen-bond acceptors (Lipinski definition) is 8. The number of ether oxygens (including phenoxy) is 2. The summed E-state index contributed by atoms with van der Waals surface area (Å²) in [5, 5.41) is 64.5. The summed E-state index contributed by atoms with van der Waals surface area (Å²) < 4.78 is 12.0. The molecule has 12 heteroatoms. The zero-order valence-corrected chi connectivity index (χ0v) is 26.5. The smallest absolute Gasteiger partial charge is 0.210 e. The van der Waals surface area contributed by atoms with Crippen molar-refractivity contribution in [2.24, 2.45) is 0 Å². The van der Waals surface area contributed by atoms with E-state index in [4.69, 9.17) is 44.3 Å². The van der Waals surface area contributed by atoms with Crippen LogP contribution in [0.4, 0.5) is 0 Å². The van der Waals surface area contributed by atoms with Crippen LogP contribution < -0.4 is 9.47 Å². The number of hydrogen-bond donors (Lipinski definition) is 6. The Labute approximate surface area is 275 Å². The molecule has 4 aromatic rings. The fraction of sp³-hybridized carbons (Fsp3) is 0.125. The third-order valence-electron chi connectivity index (χ3n) is 6.74. The topological polar surface area (TPSA) is 140 Å². The minimum absolute atomic E-state index is 0.0317. The average Bonchev–Trinajstić information content (AvgIpc) is 2.93. The number of aromatic hydroxyl groups is 6. The van der Waals surface area contributed by atoms with E-state index in [0.717, 1.165) is 0 Å². The molecule has 6 N–H and O–H groups in total. The molecule has 0 spiro atoms. The summed E-state index contributed by atoms with van der Waals surface area (Å²) in [6.07, 6.45) is 3.86. The Bertz CT molecular complexity index is 1660. The van der Waals surface area contributed by atoms with E-state index >= 15 is 0 Å². The van der Waals surface area contributed by atoms with Crippen LogP contribution in [0, 0.1) is 0 Å². The van der Waals surface area contributed by atoms with E-state index in [0.29, 0.717) is 36.8 Å². The Morgan fingerprint density at radius 3 is 1.41 bits per heavy atom. The van der Waals surface area contributed by atoms with Crippen molar-refractivity contribution in [3.8, 4) is 57.5 Å². The molecular formula is C32H24BrCl3O8. The third kappa shape index (κ3) is 7.08. The average molecular weight is 723 g/mol. The molecule has 4 aromatic carbocycles. The lowest BCUT2D eigenvalue weighted by Gasteiger charge is -2.15. The Kier molecular flexibility index (Phi) is 9.31. The van der Waals surface area contributed by atoms with Gasteiger partial charge < -0.3 is 40.1 Å². The molecule has 0 amide bonds. The van der Waals surface area contributed by atoms with Gasteiger partial charge in [-0.25, -0.2) is 0 Å². The lowest BCUT2D eigenvalue weighted by atomic mass is 10.1. The molecule has 0 radical (unpaired) electrons. The van der Waals surface area contributed by atoms with Crippen LogP contribution in [0.3, 0.4) is 0 Å². The van der Waals surface area contributed by atoms with Crippen LogP contribution in [0.5, 0.6) is 57.5 Å². The van der Waals surface area contributed by atoms with E-state index in [1.165, 1.54) is 48.5 Å². The predicted molar refractivity (Wildman–Crippen MR) is 171 cm³/mol. The first kappa shape index (κ1) is 31.5. The zero-order chi connectivity index (χ0) is 31.7. The highest BCUT2D eigenvalue weighted by atomic mass is 79.9. The van der Waals surface area contributed by atoms with Crippen molar-refractivity contribution in [2.45, 2.75) is 25.7 Å². The van der Waals surface area contributed by atoms with E-state index in [2.05, 4.69) is 15.9 Å². The monoisotopic (exact) mass is 720 g/mol. The van der Waals surface area contributed by atoms with Gasteiger partial charge in [-0.15, -0.1) is 0 Å². The molecule has 0 fully saturated rings. The molecule has 8 rings (SSSR count). The molecule has 4 aliphatic rings. The van der Waals surface area contributed by atoms with Gasteiger partial charge >= 0.3 is 0 Å². The van der Waals surface area contributed by atoms with Crippen LogP contribution in [-0.4, -0.2) is 30.6 Å². The summed E-state index contributed by atoms with van der Waals surface area (Å²) in [6, 6.07) is 11.2. The maximum absolute atomic E-state index is 10.7. The molecule has 0 unspecified atom stereocenters. The normalized spacial score (nSPS) is 13.8. The lowest BCUT2D eigenvalue weighted by Crippen LogP contribution is -1.95. The van der Waals surface area contributed by atoms with Crippen LogP contribution in [0.25, 0.3) is 0 Å². The quantitative estimate of drug-likeness (QED) is 0.106. The van der Waals surface area contributed by atoms with Crippen molar-refractivity contribution in [2.75, 3.05) is 0 Å². The van der Waals surface area contributed by atoms with E-state index in [1.807, 2.05) is 0 Å². The summed E-state index contributed by atoms with van der Waals surface area (Å²) in [4.78, 5) is 0. The standard InChI is InChI=1S/C32H24BrCl3O8/c33-21-13-23(37)17-1-3-19(34)6-16-9-27(41)32(28(42)10-16)44-30-12-18(24(38)14-22(30)36)2-4-20(35)5-15-7-25(39)31(26(40)8-15)43-29(21)11-17/h3-4,7-14,37-42H,1-2,5-6H2. The first-order valence-corrected chi connectivity index (χ1v) is 15.0. The second kappa shape index (κ2) is 13.0. The van der Waals surface area contributed by atoms with Crippen LogP contribution in [-0.2, 0) is 25.7 Å². The van der Waals surface area contributed by atoms with Gasteiger partial charge in [-0.1, -0.05) is 47.0 Å². The van der Waals surface area contributed by atoms with Gasteiger partial charge in [0.05, 0.1) is 9.50 Å². The highest BCUT2D eigenvalue weighted by Gasteiger charge is 2.19. The van der Waals surface area contributed by atoms with Crippen LogP contribution in [0.2, 0.25) is 5.02 Å². The first-order valence-electron chi connectivity index (χ1n) is 13.0. The second-order valence-electron chi connectivity index (χ2n) is 10.0. The first-order chi connectivity index (χ1) is 20.9. The number of allylic oxidation sites excluding steroid dienone is 4. The summed E-state index contributed by atoms with van der Waals surface area (Å²) >= 11 is 22.6. The van der Waals surface area contributed by atoms with Gasteiger partial charge in [0.1, 0.15) is 23.0 Å². The van der Waals surface area contributed by atoms with E-state index in [-0.39, 0.29) is 88.2 Å². The van der Waals surface area contributed by atoms with E-state index in [1.54, 1.807) is 12.2 Å². The molecule has 0 aliphatic carbocycles. The van der Waals surface area contributed by atoms with Crippen molar-refractivity contribution >= 4 is 50.7 Å². The molecule has 228 valence electrons. The molecule has 8 nitrogen and oxygen atoms in total. The van der Waals surface area contributed by atoms with Gasteiger partial charge in [-0.05, 0) is 82.4 Å². The maximum Gasteiger partial charge on any atom is 0.210 e. The maximum atomic E-state index is 10.7. The molecule has 0 saturated carbocycles. The summed E-state index contributed by atoms with van der Waals surface area (Å²) in [7, 11) is 0. The van der Waals surface area contributed by atoms with Gasteiger partial charge in [0.2, 0.25) is 11.5 Å². The number of phenols is 6. The molecule has 8 bridgehead atoms. The second-order valence-corrected chi connectivity index (χ2v) is 12.2. The number of phenolic OH excluding ortho intramolecular Hbond substituents is 6. The SMILES string of the molecule is Oc1cc(Cl)c2cc1CC=C(Cl)Cc1cc(O)c(c(O)c1)Oc1cc(c(O)cc1Br)CC=C(Cl)Cc1cc(O)c(c(O)c1)O2. The Hall–Kier alpha value is -3.89. The van der Waals surface area contributed by atoms with E-state index < -0.39 is 0 Å².